The second-order valence-corrected chi connectivity index (χ2v) is 6.72. The van der Waals surface area contributed by atoms with E-state index in [0.29, 0.717) is 0 Å². The first-order valence-electron chi connectivity index (χ1n) is 9.28. The van der Waals surface area contributed by atoms with Crippen LogP contribution < -0.4 is 0 Å². The van der Waals surface area contributed by atoms with Gasteiger partial charge in [0.1, 0.15) is 5.69 Å². The number of H-pyrrole nitrogens is 2. The minimum atomic E-state index is 0.744. The molecular formula is C23H19N5. The summed E-state index contributed by atoms with van der Waals surface area (Å²) in [5.74, 6) is 0.744. The van der Waals surface area contributed by atoms with Gasteiger partial charge in [-0.1, -0.05) is 49.1 Å². The van der Waals surface area contributed by atoms with E-state index in [4.69, 9.17) is 4.98 Å². The van der Waals surface area contributed by atoms with E-state index in [1.807, 2.05) is 31.2 Å². The van der Waals surface area contributed by atoms with Gasteiger partial charge >= 0.3 is 0 Å². The standard InChI is InChI=1S/C23H19N5/c1-3-14(4-2)19-12-17-20(13-24-19)27-28-22(17)23-25-18-11-7-10-16(21(18)26-23)15-8-5-6-9-15/h3-5,7-13H,1,6H2,2H3,(H,25,26)(H,27,28)/b14-4+. The van der Waals surface area contributed by atoms with Crippen molar-refractivity contribution in [1.29, 1.82) is 0 Å². The average Bonchev–Trinajstić information content (AvgIpc) is 3.46. The van der Waals surface area contributed by atoms with Gasteiger partial charge in [0.2, 0.25) is 0 Å². The fourth-order valence-corrected chi connectivity index (χ4v) is 3.66. The van der Waals surface area contributed by atoms with Gasteiger partial charge in [0.05, 0.1) is 28.4 Å². The van der Waals surface area contributed by atoms with Crippen LogP contribution in [0.5, 0.6) is 0 Å². The maximum absolute atomic E-state index is 4.90. The summed E-state index contributed by atoms with van der Waals surface area (Å²) in [6.45, 7) is 5.85. The Hall–Kier alpha value is -3.73. The van der Waals surface area contributed by atoms with Gasteiger partial charge in [-0.25, -0.2) is 4.98 Å². The first-order chi connectivity index (χ1) is 13.8. The normalized spacial score (nSPS) is 14.2. The molecule has 0 fully saturated rings. The SMILES string of the molecule is C=C/C(=C\C)c1cc2c(-c3nc4c(C5=CCC=C5)cccc4[nH]3)n[nH]c2cn1. The zero-order valence-electron chi connectivity index (χ0n) is 15.5. The van der Waals surface area contributed by atoms with Crippen LogP contribution >= 0.6 is 0 Å². The van der Waals surface area contributed by atoms with E-state index in [1.165, 1.54) is 5.57 Å². The number of aromatic nitrogens is 5. The van der Waals surface area contributed by atoms with Crippen molar-refractivity contribution in [2.45, 2.75) is 13.3 Å². The highest BCUT2D eigenvalue weighted by Gasteiger charge is 2.16. The number of hydrogen-bond acceptors (Lipinski definition) is 3. The van der Waals surface area contributed by atoms with Gasteiger partial charge in [-0.2, -0.15) is 5.10 Å². The summed E-state index contributed by atoms with van der Waals surface area (Å²) in [4.78, 5) is 12.8. The molecule has 0 amide bonds. The number of para-hydroxylation sites is 1. The van der Waals surface area contributed by atoms with E-state index >= 15 is 0 Å². The third-order valence-electron chi connectivity index (χ3n) is 5.09. The first kappa shape index (κ1) is 16.4. The smallest absolute Gasteiger partial charge is 0.159 e. The lowest BCUT2D eigenvalue weighted by Gasteiger charge is -2.01. The van der Waals surface area contributed by atoms with Crippen LogP contribution in [0, 0.1) is 0 Å². The molecule has 0 spiro atoms. The molecule has 5 nitrogen and oxygen atoms in total. The molecule has 0 unspecified atom stereocenters. The molecule has 136 valence electrons. The number of imidazole rings is 1. The van der Waals surface area contributed by atoms with Crippen LogP contribution in [-0.2, 0) is 0 Å². The lowest BCUT2D eigenvalue weighted by atomic mass is 10.1. The highest BCUT2D eigenvalue weighted by Crippen LogP contribution is 2.32. The number of aromatic amines is 2. The van der Waals surface area contributed by atoms with E-state index in [9.17, 15) is 0 Å². The molecule has 28 heavy (non-hydrogen) atoms. The van der Waals surface area contributed by atoms with Gasteiger partial charge in [-0.15, -0.1) is 0 Å². The Balaban J connectivity index is 1.69. The maximum atomic E-state index is 4.90. The van der Waals surface area contributed by atoms with Gasteiger partial charge in [0.15, 0.2) is 5.82 Å². The zero-order valence-corrected chi connectivity index (χ0v) is 15.5. The highest BCUT2D eigenvalue weighted by atomic mass is 15.1. The molecular weight excluding hydrogens is 346 g/mol. The molecule has 4 aromatic rings. The van der Waals surface area contributed by atoms with Crippen molar-refractivity contribution in [3.63, 3.8) is 0 Å². The van der Waals surface area contributed by atoms with Gasteiger partial charge in [0, 0.05) is 10.9 Å². The molecule has 3 heterocycles. The minimum Gasteiger partial charge on any atom is -0.337 e. The van der Waals surface area contributed by atoms with Crippen LogP contribution in [0.2, 0.25) is 0 Å². The number of pyridine rings is 1. The number of nitrogens with zero attached hydrogens (tertiary/aromatic N) is 3. The third-order valence-corrected chi connectivity index (χ3v) is 5.09. The summed E-state index contributed by atoms with van der Waals surface area (Å²) in [5, 5.41) is 8.55. The van der Waals surface area contributed by atoms with Crippen molar-refractivity contribution >= 4 is 33.1 Å². The zero-order chi connectivity index (χ0) is 19.1. The van der Waals surface area contributed by atoms with Crippen LogP contribution in [0.3, 0.4) is 0 Å². The summed E-state index contributed by atoms with van der Waals surface area (Å²) < 4.78 is 0. The van der Waals surface area contributed by atoms with E-state index in [-0.39, 0.29) is 0 Å². The largest absolute Gasteiger partial charge is 0.337 e. The van der Waals surface area contributed by atoms with Gasteiger partial charge < -0.3 is 4.98 Å². The predicted molar refractivity (Wildman–Crippen MR) is 115 cm³/mol. The fraction of sp³-hybridized carbons (Fsp3) is 0.0870. The molecule has 0 radical (unpaired) electrons. The van der Waals surface area contributed by atoms with E-state index in [1.54, 1.807) is 6.20 Å². The van der Waals surface area contributed by atoms with Crippen molar-refractivity contribution < 1.29 is 0 Å². The van der Waals surface area contributed by atoms with Crippen molar-refractivity contribution in [3.05, 3.63) is 78.7 Å². The number of benzene rings is 1. The van der Waals surface area contributed by atoms with Crippen LogP contribution in [-0.4, -0.2) is 25.1 Å². The minimum absolute atomic E-state index is 0.744. The second kappa shape index (κ2) is 6.46. The lowest BCUT2D eigenvalue weighted by molar-refractivity contribution is 1.10. The average molecular weight is 365 g/mol. The quantitative estimate of drug-likeness (QED) is 0.474. The summed E-state index contributed by atoms with van der Waals surface area (Å²) >= 11 is 0. The highest BCUT2D eigenvalue weighted by molar-refractivity contribution is 5.97. The lowest BCUT2D eigenvalue weighted by Crippen LogP contribution is -1.87. The first-order valence-corrected chi connectivity index (χ1v) is 9.28. The second-order valence-electron chi connectivity index (χ2n) is 6.72. The molecule has 0 saturated carbocycles. The molecule has 5 heteroatoms. The molecule has 0 saturated heterocycles. The van der Waals surface area contributed by atoms with Crippen LogP contribution in [0.25, 0.3) is 44.6 Å². The molecule has 1 aliphatic rings. The molecule has 0 aliphatic heterocycles. The Kier molecular flexibility index (Phi) is 3.79. The molecule has 1 aliphatic carbocycles. The Morgan fingerprint density at radius 1 is 1.25 bits per heavy atom. The van der Waals surface area contributed by atoms with Crippen LogP contribution in [0.4, 0.5) is 0 Å². The summed E-state index contributed by atoms with van der Waals surface area (Å²) in [6.07, 6.45) is 13.1. The number of rotatable bonds is 4. The topological polar surface area (TPSA) is 70.2 Å². The Bertz CT molecular complexity index is 1310. The molecule has 1 aromatic carbocycles. The van der Waals surface area contributed by atoms with Crippen molar-refractivity contribution in [2.75, 3.05) is 0 Å². The Morgan fingerprint density at radius 2 is 2.18 bits per heavy atom. The molecule has 0 bridgehead atoms. The third kappa shape index (κ3) is 2.52. The molecule has 3 aromatic heterocycles. The monoisotopic (exact) mass is 365 g/mol. The van der Waals surface area contributed by atoms with Crippen LogP contribution in [0.1, 0.15) is 24.6 Å². The molecule has 5 rings (SSSR count). The summed E-state index contributed by atoms with van der Waals surface area (Å²) in [6, 6.07) is 8.24. The van der Waals surface area contributed by atoms with Crippen LogP contribution in [0.15, 0.2) is 67.4 Å². The van der Waals surface area contributed by atoms with Gasteiger partial charge in [0.25, 0.3) is 0 Å². The van der Waals surface area contributed by atoms with E-state index in [2.05, 4.69) is 57.1 Å². The Morgan fingerprint density at radius 3 is 2.96 bits per heavy atom. The van der Waals surface area contributed by atoms with Crippen molar-refractivity contribution in [1.82, 2.24) is 25.1 Å². The van der Waals surface area contributed by atoms with Crippen molar-refractivity contribution in [2.24, 2.45) is 0 Å². The van der Waals surface area contributed by atoms with Crippen molar-refractivity contribution in [3.8, 4) is 11.5 Å². The number of fused-ring (bicyclic) bond motifs is 2. The number of allylic oxidation sites excluding steroid dienone is 7. The fourth-order valence-electron chi connectivity index (χ4n) is 3.66. The molecule has 0 atom stereocenters. The number of hydrogen-bond donors (Lipinski definition) is 2. The van der Waals surface area contributed by atoms with Gasteiger partial charge in [-0.3, -0.25) is 10.1 Å². The molecule has 2 N–H and O–H groups in total. The van der Waals surface area contributed by atoms with E-state index in [0.717, 1.165) is 56.7 Å². The summed E-state index contributed by atoms with van der Waals surface area (Å²) in [7, 11) is 0. The van der Waals surface area contributed by atoms with E-state index < -0.39 is 0 Å². The number of nitrogens with one attached hydrogen (secondary N) is 2. The maximum Gasteiger partial charge on any atom is 0.159 e. The van der Waals surface area contributed by atoms with Gasteiger partial charge in [-0.05, 0) is 36.6 Å². The Labute approximate surface area is 162 Å². The predicted octanol–water partition coefficient (Wildman–Crippen LogP) is 5.43. The summed E-state index contributed by atoms with van der Waals surface area (Å²) in [5.41, 5.74) is 7.83.